The van der Waals surface area contributed by atoms with E-state index in [4.69, 9.17) is 0 Å². The van der Waals surface area contributed by atoms with Crippen LogP contribution in [0.5, 0.6) is 0 Å². The van der Waals surface area contributed by atoms with Crippen LogP contribution in [0.1, 0.15) is 37.1 Å². The van der Waals surface area contributed by atoms with Gasteiger partial charge in [-0.25, -0.2) is 13.2 Å². The highest BCUT2D eigenvalue weighted by atomic mass is 32.2. The Labute approximate surface area is 149 Å². The molecule has 2 aliphatic heterocycles. The first-order valence-electron chi connectivity index (χ1n) is 8.87. The van der Waals surface area contributed by atoms with Crippen LogP contribution in [0.3, 0.4) is 0 Å². The van der Waals surface area contributed by atoms with Crippen LogP contribution in [-0.4, -0.2) is 65.4 Å². The van der Waals surface area contributed by atoms with Gasteiger partial charge in [-0.3, -0.25) is 4.68 Å². The van der Waals surface area contributed by atoms with Crippen LogP contribution in [0.2, 0.25) is 0 Å². The van der Waals surface area contributed by atoms with Gasteiger partial charge in [-0.05, 0) is 32.3 Å². The molecular weight excluding hydrogens is 342 g/mol. The number of nitrogens with one attached hydrogen (secondary N) is 1. The molecule has 8 nitrogen and oxygen atoms in total. The lowest BCUT2D eigenvalue weighted by atomic mass is 10.0. The van der Waals surface area contributed by atoms with Crippen LogP contribution in [0.4, 0.5) is 4.79 Å². The summed E-state index contributed by atoms with van der Waals surface area (Å²) in [4.78, 5) is 14.2. The summed E-state index contributed by atoms with van der Waals surface area (Å²) in [6, 6.07) is 1.91. The second-order valence-electron chi connectivity index (χ2n) is 6.97. The van der Waals surface area contributed by atoms with E-state index in [0.717, 1.165) is 30.7 Å². The molecule has 0 aliphatic carbocycles. The zero-order valence-electron chi connectivity index (χ0n) is 14.9. The minimum absolute atomic E-state index is 0.00510. The highest BCUT2D eigenvalue weighted by Gasteiger charge is 2.29. The molecule has 140 valence electrons. The van der Waals surface area contributed by atoms with Crippen molar-refractivity contribution in [3.63, 3.8) is 0 Å². The standard InChI is InChI=1S/C16H27N5O3S/c1-13-11-15-12-19(9-10-20(15)18-13)16(22)17-7-6-14-5-3-4-8-21(14)25(2,23)24/h11,14H,3-10,12H2,1-2H3,(H,17,22)/t14-/m1/s1. The number of nitrogens with zero attached hydrogens (tertiary/aromatic N) is 4. The van der Waals surface area contributed by atoms with Crippen molar-refractivity contribution < 1.29 is 13.2 Å². The highest BCUT2D eigenvalue weighted by molar-refractivity contribution is 7.88. The number of hydrogen-bond donors (Lipinski definition) is 1. The van der Waals surface area contributed by atoms with Crippen molar-refractivity contribution >= 4 is 16.1 Å². The predicted octanol–water partition coefficient (Wildman–Crippen LogP) is 0.921. The van der Waals surface area contributed by atoms with E-state index in [9.17, 15) is 13.2 Å². The van der Waals surface area contributed by atoms with Crippen LogP contribution in [0, 0.1) is 6.92 Å². The van der Waals surface area contributed by atoms with E-state index >= 15 is 0 Å². The van der Waals surface area contributed by atoms with E-state index in [1.165, 1.54) is 6.26 Å². The number of piperidine rings is 1. The Balaban J connectivity index is 1.49. The third-order valence-corrected chi connectivity index (χ3v) is 6.29. The van der Waals surface area contributed by atoms with E-state index < -0.39 is 10.0 Å². The van der Waals surface area contributed by atoms with Crippen LogP contribution >= 0.6 is 0 Å². The number of aromatic nitrogens is 2. The zero-order chi connectivity index (χ0) is 18.0. The first-order valence-corrected chi connectivity index (χ1v) is 10.7. The third kappa shape index (κ3) is 4.33. The smallest absolute Gasteiger partial charge is 0.317 e. The van der Waals surface area contributed by atoms with Gasteiger partial charge in [0.1, 0.15) is 0 Å². The fraction of sp³-hybridized carbons (Fsp3) is 0.750. The summed E-state index contributed by atoms with van der Waals surface area (Å²) in [7, 11) is -3.18. The van der Waals surface area contributed by atoms with Gasteiger partial charge in [0.05, 0.1) is 30.7 Å². The second-order valence-corrected chi connectivity index (χ2v) is 8.90. The number of aryl methyl sites for hydroxylation is 1. The molecule has 0 bridgehead atoms. The van der Waals surface area contributed by atoms with Crippen molar-refractivity contribution in [2.24, 2.45) is 0 Å². The van der Waals surface area contributed by atoms with Crippen molar-refractivity contribution in [2.75, 3.05) is 25.9 Å². The molecule has 25 heavy (non-hydrogen) atoms. The predicted molar refractivity (Wildman–Crippen MR) is 94.6 cm³/mol. The third-order valence-electron chi connectivity index (χ3n) is 4.96. The lowest BCUT2D eigenvalue weighted by Crippen LogP contribution is -2.47. The fourth-order valence-electron chi connectivity index (χ4n) is 3.74. The highest BCUT2D eigenvalue weighted by Crippen LogP contribution is 2.22. The molecule has 3 heterocycles. The van der Waals surface area contributed by atoms with Crippen molar-refractivity contribution in [3.05, 3.63) is 17.5 Å². The van der Waals surface area contributed by atoms with Gasteiger partial charge >= 0.3 is 6.03 Å². The molecule has 0 unspecified atom stereocenters. The molecule has 1 aromatic rings. The van der Waals surface area contributed by atoms with Crippen molar-refractivity contribution in [1.82, 2.24) is 24.3 Å². The Bertz CT molecular complexity index is 730. The normalized spacial score (nSPS) is 21.8. The molecular formula is C16H27N5O3S. The first-order chi connectivity index (χ1) is 11.8. The number of hydrogen-bond acceptors (Lipinski definition) is 4. The van der Waals surface area contributed by atoms with Gasteiger partial charge in [-0.2, -0.15) is 9.40 Å². The summed E-state index contributed by atoms with van der Waals surface area (Å²) in [5.41, 5.74) is 2.02. The number of sulfonamides is 1. The number of carbonyl (C=O) groups excluding carboxylic acids is 1. The lowest BCUT2D eigenvalue weighted by molar-refractivity contribution is 0.178. The molecule has 1 saturated heterocycles. The molecule has 0 saturated carbocycles. The van der Waals surface area contributed by atoms with E-state index in [-0.39, 0.29) is 12.1 Å². The summed E-state index contributed by atoms with van der Waals surface area (Å²) < 4.78 is 27.3. The quantitative estimate of drug-likeness (QED) is 0.855. The van der Waals surface area contributed by atoms with Gasteiger partial charge < -0.3 is 10.2 Å². The van der Waals surface area contributed by atoms with Crippen LogP contribution in [0.25, 0.3) is 0 Å². The number of amides is 2. The SMILES string of the molecule is Cc1cc2n(n1)CCN(C(=O)NCC[C@H]1CCCCN1S(C)(=O)=O)C2. The van der Waals surface area contributed by atoms with Gasteiger partial charge in [-0.15, -0.1) is 0 Å². The van der Waals surface area contributed by atoms with Crippen molar-refractivity contribution in [3.8, 4) is 0 Å². The molecule has 3 rings (SSSR count). The monoisotopic (exact) mass is 369 g/mol. The van der Waals surface area contributed by atoms with E-state index in [2.05, 4.69) is 10.4 Å². The number of carbonyl (C=O) groups is 1. The number of urea groups is 1. The molecule has 1 fully saturated rings. The maximum Gasteiger partial charge on any atom is 0.317 e. The Hall–Kier alpha value is -1.61. The van der Waals surface area contributed by atoms with Gasteiger partial charge in [0.2, 0.25) is 10.0 Å². The van der Waals surface area contributed by atoms with Gasteiger partial charge in [0.15, 0.2) is 0 Å². The second kappa shape index (κ2) is 7.33. The molecule has 1 atom stereocenters. The topological polar surface area (TPSA) is 87.5 Å². The van der Waals surface area contributed by atoms with Crippen LogP contribution in [-0.2, 0) is 23.1 Å². The minimum Gasteiger partial charge on any atom is -0.338 e. The summed E-state index contributed by atoms with van der Waals surface area (Å²) >= 11 is 0. The summed E-state index contributed by atoms with van der Waals surface area (Å²) in [5, 5.41) is 7.34. The van der Waals surface area contributed by atoms with Gasteiger partial charge in [0, 0.05) is 25.7 Å². The summed E-state index contributed by atoms with van der Waals surface area (Å²) in [6.07, 6.45) is 4.74. The summed E-state index contributed by atoms with van der Waals surface area (Å²) in [6.45, 7) is 4.94. The molecule has 1 N–H and O–H groups in total. The maximum absolute atomic E-state index is 12.4. The fourth-order valence-corrected chi connectivity index (χ4v) is 4.95. The van der Waals surface area contributed by atoms with Crippen molar-refractivity contribution in [1.29, 1.82) is 0 Å². The molecule has 0 spiro atoms. The number of fused-ring (bicyclic) bond motifs is 1. The van der Waals surface area contributed by atoms with E-state index in [1.54, 1.807) is 9.21 Å². The molecule has 9 heteroatoms. The largest absolute Gasteiger partial charge is 0.338 e. The average Bonchev–Trinajstić information content (AvgIpc) is 2.93. The summed E-state index contributed by atoms with van der Waals surface area (Å²) in [5.74, 6) is 0. The Morgan fingerprint density at radius 1 is 1.32 bits per heavy atom. The molecule has 2 amide bonds. The van der Waals surface area contributed by atoms with Crippen molar-refractivity contribution in [2.45, 2.75) is 51.7 Å². The minimum atomic E-state index is -3.18. The lowest BCUT2D eigenvalue weighted by Gasteiger charge is -2.34. The zero-order valence-corrected chi connectivity index (χ0v) is 15.8. The van der Waals surface area contributed by atoms with E-state index in [1.807, 2.05) is 17.7 Å². The first kappa shape index (κ1) is 18.2. The van der Waals surface area contributed by atoms with Crippen LogP contribution < -0.4 is 5.32 Å². The number of rotatable bonds is 4. The molecule has 1 aromatic heterocycles. The molecule has 2 aliphatic rings. The Morgan fingerprint density at radius 2 is 2.12 bits per heavy atom. The average molecular weight is 369 g/mol. The Morgan fingerprint density at radius 3 is 2.88 bits per heavy atom. The maximum atomic E-state index is 12.4. The van der Waals surface area contributed by atoms with Gasteiger partial charge in [0.25, 0.3) is 0 Å². The van der Waals surface area contributed by atoms with E-state index in [0.29, 0.717) is 39.1 Å². The van der Waals surface area contributed by atoms with Crippen LogP contribution in [0.15, 0.2) is 6.07 Å². The molecule has 0 aromatic carbocycles. The molecule has 0 radical (unpaired) electrons. The van der Waals surface area contributed by atoms with Gasteiger partial charge in [-0.1, -0.05) is 6.42 Å². The Kier molecular flexibility index (Phi) is 5.33.